The van der Waals surface area contributed by atoms with Crippen molar-refractivity contribution in [3.8, 4) is 0 Å². The third-order valence-electron chi connectivity index (χ3n) is 3.19. The van der Waals surface area contributed by atoms with Crippen LogP contribution < -0.4 is 4.90 Å². The molecule has 1 aliphatic rings. The van der Waals surface area contributed by atoms with Gasteiger partial charge in [0.25, 0.3) is 0 Å². The first kappa shape index (κ1) is 11.9. The van der Waals surface area contributed by atoms with Gasteiger partial charge in [-0.25, -0.2) is 9.78 Å². The Hall–Kier alpha value is -1.58. The fourth-order valence-electron chi connectivity index (χ4n) is 2.02. The van der Waals surface area contributed by atoms with Crippen molar-refractivity contribution >= 4 is 11.8 Å². The van der Waals surface area contributed by atoms with E-state index < -0.39 is 11.5 Å². The highest BCUT2D eigenvalue weighted by molar-refractivity contribution is 5.82. The van der Waals surface area contributed by atoms with Crippen molar-refractivity contribution in [2.24, 2.45) is 0 Å². The first-order valence-corrected chi connectivity index (χ1v) is 5.88. The van der Waals surface area contributed by atoms with Gasteiger partial charge < -0.3 is 10.0 Å². The van der Waals surface area contributed by atoms with Crippen LogP contribution in [-0.4, -0.2) is 27.6 Å². The Morgan fingerprint density at radius 3 is 2.65 bits per heavy atom. The molecule has 1 heterocycles. The molecule has 0 atom stereocenters. The van der Waals surface area contributed by atoms with Crippen molar-refractivity contribution in [3.05, 3.63) is 23.9 Å². The fraction of sp³-hybridized carbons (Fsp3) is 0.538. The van der Waals surface area contributed by atoms with Crippen molar-refractivity contribution in [1.82, 2.24) is 4.98 Å². The zero-order chi connectivity index (χ0) is 12.6. The second-order valence-electron chi connectivity index (χ2n) is 5.16. The summed E-state index contributed by atoms with van der Waals surface area (Å²) in [5, 5.41) is 9.35. The molecule has 1 N–H and O–H groups in total. The molecule has 4 heteroatoms. The van der Waals surface area contributed by atoms with Crippen LogP contribution in [0.3, 0.4) is 0 Å². The van der Waals surface area contributed by atoms with Crippen LogP contribution >= 0.6 is 0 Å². The molecular formula is C13H18N2O2. The van der Waals surface area contributed by atoms with E-state index in [-0.39, 0.29) is 0 Å². The number of carboxylic acid groups (broad SMARTS) is 1. The molecule has 0 bridgehead atoms. The van der Waals surface area contributed by atoms with Crippen LogP contribution in [0.15, 0.2) is 18.3 Å². The summed E-state index contributed by atoms with van der Waals surface area (Å²) >= 11 is 0. The molecule has 0 aliphatic heterocycles. The molecule has 1 aromatic rings. The van der Waals surface area contributed by atoms with Crippen LogP contribution in [0.2, 0.25) is 0 Å². The van der Waals surface area contributed by atoms with Crippen LogP contribution in [0.25, 0.3) is 0 Å². The maximum Gasteiger partial charge on any atom is 0.329 e. The average Bonchev–Trinajstić information content (AvgIpc) is 3.01. The number of aliphatic carboxylic acids is 1. The predicted octanol–water partition coefficient (Wildman–Crippen LogP) is 2.22. The minimum atomic E-state index is -0.915. The molecule has 4 nitrogen and oxygen atoms in total. The van der Waals surface area contributed by atoms with Crippen LogP contribution in [0.4, 0.5) is 5.82 Å². The van der Waals surface area contributed by atoms with Gasteiger partial charge in [-0.15, -0.1) is 0 Å². The van der Waals surface area contributed by atoms with Gasteiger partial charge in [-0.3, -0.25) is 0 Å². The number of aromatic nitrogens is 1. The Balaban J connectivity index is 2.39. The quantitative estimate of drug-likeness (QED) is 0.868. The molecule has 0 spiro atoms. The summed E-state index contributed by atoms with van der Waals surface area (Å²) in [5.74, 6) is -0.0485. The van der Waals surface area contributed by atoms with Gasteiger partial charge in [-0.05, 0) is 51.3 Å². The predicted molar refractivity (Wildman–Crippen MR) is 66.2 cm³/mol. The van der Waals surface area contributed by atoms with Crippen LogP contribution in [-0.2, 0) is 4.79 Å². The lowest BCUT2D eigenvalue weighted by atomic mass is 10.0. The Labute approximate surface area is 101 Å². The highest BCUT2D eigenvalue weighted by Gasteiger charge is 2.43. The van der Waals surface area contributed by atoms with Gasteiger partial charge in [0.2, 0.25) is 0 Å². The normalized spacial score (nSPS) is 15.7. The van der Waals surface area contributed by atoms with E-state index in [4.69, 9.17) is 0 Å². The number of rotatable bonds is 4. The molecule has 1 aromatic heterocycles. The van der Waals surface area contributed by atoms with Gasteiger partial charge in [0.05, 0.1) is 0 Å². The van der Waals surface area contributed by atoms with Gasteiger partial charge in [-0.2, -0.15) is 0 Å². The summed E-state index contributed by atoms with van der Waals surface area (Å²) in [6.45, 7) is 5.46. The number of hydrogen-bond acceptors (Lipinski definition) is 3. The SMILES string of the molecule is Cc1ccnc(N(C2CC2)C(C)(C)C(=O)O)c1. The third kappa shape index (κ3) is 2.25. The van der Waals surface area contributed by atoms with Crippen molar-refractivity contribution in [3.63, 3.8) is 0 Å². The number of hydrogen-bond donors (Lipinski definition) is 1. The van der Waals surface area contributed by atoms with E-state index in [0.29, 0.717) is 6.04 Å². The Kier molecular flexibility index (Phi) is 2.81. The summed E-state index contributed by atoms with van der Waals surface area (Å²) < 4.78 is 0. The van der Waals surface area contributed by atoms with Crippen LogP contribution in [0.1, 0.15) is 32.3 Å². The molecule has 17 heavy (non-hydrogen) atoms. The van der Waals surface area contributed by atoms with E-state index in [0.717, 1.165) is 24.2 Å². The molecule has 1 fully saturated rings. The van der Waals surface area contributed by atoms with Crippen molar-refractivity contribution in [2.75, 3.05) is 4.90 Å². The smallest absolute Gasteiger partial charge is 0.329 e. The zero-order valence-corrected chi connectivity index (χ0v) is 10.5. The van der Waals surface area contributed by atoms with Crippen molar-refractivity contribution in [1.29, 1.82) is 0 Å². The standard InChI is InChI=1S/C13H18N2O2/c1-9-6-7-14-11(8-9)15(10-4-5-10)13(2,3)12(16)17/h6-8,10H,4-5H2,1-3H3,(H,16,17). The van der Waals surface area contributed by atoms with Gasteiger partial charge >= 0.3 is 5.97 Å². The van der Waals surface area contributed by atoms with E-state index in [1.165, 1.54) is 0 Å². The third-order valence-corrected chi connectivity index (χ3v) is 3.19. The number of carboxylic acids is 1. The monoisotopic (exact) mass is 234 g/mol. The first-order valence-electron chi connectivity index (χ1n) is 5.88. The molecule has 2 rings (SSSR count). The Morgan fingerprint density at radius 2 is 2.18 bits per heavy atom. The van der Waals surface area contributed by atoms with Gasteiger partial charge in [0, 0.05) is 12.2 Å². The molecular weight excluding hydrogens is 216 g/mol. The first-order chi connectivity index (χ1) is 7.93. The second kappa shape index (κ2) is 4.02. The maximum absolute atomic E-state index is 11.4. The molecule has 0 saturated heterocycles. The largest absolute Gasteiger partial charge is 0.480 e. The lowest BCUT2D eigenvalue weighted by Crippen LogP contribution is -2.52. The second-order valence-corrected chi connectivity index (χ2v) is 5.16. The average molecular weight is 234 g/mol. The highest BCUT2D eigenvalue weighted by Crippen LogP contribution is 2.36. The van der Waals surface area contributed by atoms with Crippen molar-refractivity contribution in [2.45, 2.75) is 45.2 Å². The molecule has 92 valence electrons. The Morgan fingerprint density at radius 1 is 1.53 bits per heavy atom. The zero-order valence-electron chi connectivity index (χ0n) is 10.5. The molecule has 0 amide bonds. The van der Waals surface area contributed by atoms with Crippen LogP contribution in [0, 0.1) is 6.92 Å². The molecule has 0 unspecified atom stereocenters. The minimum Gasteiger partial charge on any atom is -0.480 e. The lowest BCUT2D eigenvalue weighted by Gasteiger charge is -2.36. The molecule has 1 saturated carbocycles. The van der Waals surface area contributed by atoms with E-state index in [1.807, 2.05) is 24.0 Å². The summed E-state index contributed by atoms with van der Waals surface area (Å²) in [4.78, 5) is 17.6. The summed E-state index contributed by atoms with van der Waals surface area (Å²) in [6.07, 6.45) is 3.83. The molecule has 1 aliphatic carbocycles. The number of anilines is 1. The van der Waals surface area contributed by atoms with Crippen LogP contribution in [0.5, 0.6) is 0 Å². The van der Waals surface area contributed by atoms with Gasteiger partial charge in [-0.1, -0.05) is 0 Å². The number of nitrogens with zero attached hydrogens (tertiary/aromatic N) is 2. The molecule has 0 radical (unpaired) electrons. The number of pyridine rings is 1. The van der Waals surface area contributed by atoms with E-state index in [2.05, 4.69) is 4.98 Å². The molecule has 0 aromatic carbocycles. The minimum absolute atomic E-state index is 0.315. The summed E-state index contributed by atoms with van der Waals surface area (Å²) in [5.41, 5.74) is 0.184. The van der Waals surface area contributed by atoms with Gasteiger partial charge in [0.15, 0.2) is 0 Å². The van der Waals surface area contributed by atoms with Gasteiger partial charge in [0.1, 0.15) is 11.4 Å². The fourth-order valence-corrected chi connectivity index (χ4v) is 2.02. The summed E-state index contributed by atoms with van der Waals surface area (Å²) in [7, 11) is 0. The topological polar surface area (TPSA) is 53.4 Å². The van der Waals surface area contributed by atoms with E-state index in [1.54, 1.807) is 20.0 Å². The number of aryl methyl sites for hydroxylation is 1. The maximum atomic E-state index is 11.4. The summed E-state index contributed by atoms with van der Waals surface area (Å²) in [6, 6.07) is 4.18. The van der Waals surface area contributed by atoms with E-state index in [9.17, 15) is 9.90 Å². The Bertz CT molecular complexity index is 439. The lowest BCUT2D eigenvalue weighted by molar-refractivity contribution is -0.142. The highest BCUT2D eigenvalue weighted by atomic mass is 16.4. The number of carbonyl (C=O) groups is 1. The van der Waals surface area contributed by atoms with Crippen molar-refractivity contribution < 1.29 is 9.90 Å². The van der Waals surface area contributed by atoms with E-state index >= 15 is 0 Å².